The van der Waals surface area contributed by atoms with Gasteiger partial charge in [0.15, 0.2) is 5.78 Å². The molecule has 0 radical (unpaired) electrons. The number of benzene rings is 1. The molecule has 0 bridgehead atoms. The van der Waals surface area contributed by atoms with Crippen LogP contribution >= 0.6 is 0 Å². The lowest BCUT2D eigenvalue weighted by Gasteiger charge is -2.25. The molecule has 2 atom stereocenters. The Bertz CT molecular complexity index is 341. The minimum atomic E-state index is -0.00806. The summed E-state index contributed by atoms with van der Waals surface area (Å²) in [5, 5.41) is 0. The maximum absolute atomic E-state index is 12.1. The molecule has 0 amide bonds. The maximum atomic E-state index is 12.1. The Morgan fingerprint density at radius 2 is 2.06 bits per heavy atom. The Hall–Kier alpha value is -1.19. The lowest BCUT2D eigenvalue weighted by atomic mass is 9.85. The minimum absolute atomic E-state index is 0.00806. The van der Waals surface area contributed by atoms with Gasteiger partial charge >= 0.3 is 0 Å². The van der Waals surface area contributed by atoms with Crippen LogP contribution < -0.4 is 0 Å². The second kappa shape index (κ2) is 5.23. The zero-order valence-electron chi connectivity index (χ0n) is 9.39. The molecule has 3 heteroatoms. The largest absolute Gasteiger partial charge is 0.294 e. The van der Waals surface area contributed by atoms with Crippen molar-refractivity contribution < 1.29 is 14.6 Å². The third-order valence-electron chi connectivity index (χ3n) is 3.12. The molecule has 1 saturated heterocycles. The fourth-order valence-electron chi connectivity index (χ4n) is 1.95. The number of Topliss-reactive ketones (excluding diaryl/α,β-unsaturated/α-hetero) is 1. The zero-order chi connectivity index (χ0) is 11.4. The van der Waals surface area contributed by atoms with Crippen molar-refractivity contribution in [3.05, 3.63) is 35.9 Å². The molecule has 0 spiro atoms. The van der Waals surface area contributed by atoms with Gasteiger partial charge < -0.3 is 0 Å². The third kappa shape index (κ3) is 2.49. The monoisotopic (exact) mass is 220 g/mol. The van der Waals surface area contributed by atoms with E-state index in [-0.39, 0.29) is 17.6 Å². The number of carbonyl (C=O) groups is 1. The van der Waals surface area contributed by atoms with Crippen LogP contribution in [0.3, 0.4) is 0 Å². The molecule has 2 rings (SSSR count). The summed E-state index contributed by atoms with van der Waals surface area (Å²) < 4.78 is 0. The summed E-state index contributed by atoms with van der Waals surface area (Å²) in [6, 6.07) is 9.41. The highest BCUT2D eigenvalue weighted by Gasteiger charge is 2.27. The van der Waals surface area contributed by atoms with Crippen molar-refractivity contribution in [1.29, 1.82) is 0 Å². The van der Waals surface area contributed by atoms with Crippen molar-refractivity contribution in [2.24, 2.45) is 11.8 Å². The number of carbonyl (C=O) groups excluding carboxylic acids is 1. The Kier molecular flexibility index (Phi) is 3.70. The van der Waals surface area contributed by atoms with Crippen LogP contribution in [0.5, 0.6) is 0 Å². The highest BCUT2D eigenvalue weighted by molar-refractivity contribution is 5.97. The second-order valence-corrected chi connectivity index (χ2v) is 4.17. The van der Waals surface area contributed by atoms with E-state index >= 15 is 0 Å². The Labute approximate surface area is 95.3 Å². The SMILES string of the molecule is CC(C(=O)c1ccccc1)C1CCOOC1. The molecule has 16 heavy (non-hydrogen) atoms. The van der Waals surface area contributed by atoms with Gasteiger partial charge in [-0.2, -0.15) is 0 Å². The summed E-state index contributed by atoms with van der Waals surface area (Å²) in [7, 11) is 0. The van der Waals surface area contributed by atoms with Gasteiger partial charge in [-0.25, -0.2) is 9.78 Å². The van der Waals surface area contributed by atoms with Gasteiger partial charge in [0.1, 0.15) is 0 Å². The summed E-state index contributed by atoms with van der Waals surface area (Å²) in [4.78, 5) is 21.9. The highest BCUT2D eigenvalue weighted by atomic mass is 17.2. The Morgan fingerprint density at radius 3 is 2.69 bits per heavy atom. The fraction of sp³-hybridized carbons (Fsp3) is 0.462. The van der Waals surface area contributed by atoms with Crippen LogP contribution in [-0.2, 0) is 9.78 Å². The van der Waals surface area contributed by atoms with Crippen LogP contribution in [0.4, 0.5) is 0 Å². The molecule has 0 aliphatic carbocycles. The van der Waals surface area contributed by atoms with Crippen molar-refractivity contribution in [3.63, 3.8) is 0 Å². The molecule has 3 nitrogen and oxygen atoms in total. The molecule has 1 aromatic rings. The fourth-order valence-corrected chi connectivity index (χ4v) is 1.95. The van der Waals surface area contributed by atoms with Crippen molar-refractivity contribution >= 4 is 5.78 Å². The van der Waals surface area contributed by atoms with E-state index < -0.39 is 0 Å². The van der Waals surface area contributed by atoms with Gasteiger partial charge in [0.25, 0.3) is 0 Å². The predicted octanol–water partition coefficient (Wildman–Crippen LogP) is 2.47. The van der Waals surface area contributed by atoms with E-state index in [1.807, 2.05) is 37.3 Å². The Morgan fingerprint density at radius 1 is 1.31 bits per heavy atom. The van der Waals surface area contributed by atoms with Gasteiger partial charge in [0.05, 0.1) is 13.2 Å². The lowest BCUT2D eigenvalue weighted by molar-refractivity contribution is -0.326. The van der Waals surface area contributed by atoms with Crippen LogP contribution in [-0.4, -0.2) is 19.0 Å². The van der Waals surface area contributed by atoms with E-state index in [0.29, 0.717) is 13.2 Å². The molecule has 0 aromatic heterocycles. The van der Waals surface area contributed by atoms with E-state index in [0.717, 1.165) is 12.0 Å². The topological polar surface area (TPSA) is 35.5 Å². The molecule has 1 aromatic carbocycles. The first-order valence-corrected chi connectivity index (χ1v) is 5.62. The van der Waals surface area contributed by atoms with Gasteiger partial charge in [0, 0.05) is 11.5 Å². The van der Waals surface area contributed by atoms with Gasteiger partial charge in [-0.05, 0) is 12.3 Å². The van der Waals surface area contributed by atoms with E-state index in [9.17, 15) is 4.79 Å². The number of rotatable bonds is 3. The summed E-state index contributed by atoms with van der Waals surface area (Å²) >= 11 is 0. The van der Waals surface area contributed by atoms with Gasteiger partial charge in [-0.1, -0.05) is 37.3 Å². The van der Waals surface area contributed by atoms with Crippen LogP contribution in [0.2, 0.25) is 0 Å². The molecule has 1 aliphatic rings. The van der Waals surface area contributed by atoms with E-state index in [4.69, 9.17) is 9.78 Å². The molecule has 1 heterocycles. The molecule has 2 unspecified atom stereocenters. The van der Waals surface area contributed by atoms with Gasteiger partial charge in [-0.15, -0.1) is 0 Å². The third-order valence-corrected chi connectivity index (χ3v) is 3.12. The van der Waals surface area contributed by atoms with E-state index in [2.05, 4.69) is 0 Å². The smallest absolute Gasteiger partial charge is 0.166 e. The van der Waals surface area contributed by atoms with Crippen molar-refractivity contribution in [2.75, 3.05) is 13.2 Å². The molecule has 1 fully saturated rings. The highest BCUT2D eigenvalue weighted by Crippen LogP contribution is 2.23. The van der Waals surface area contributed by atoms with Crippen molar-refractivity contribution in [3.8, 4) is 0 Å². The first kappa shape index (κ1) is 11.3. The van der Waals surface area contributed by atoms with Crippen LogP contribution in [0, 0.1) is 11.8 Å². The number of hydrogen-bond acceptors (Lipinski definition) is 3. The maximum Gasteiger partial charge on any atom is 0.166 e. The molecule has 0 saturated carbocycles. The molecule has 86 valence electrons. The van der Waals surface area contributed by atoms with Gasteiger partial charge in [0.2, 0.25) is 0 Å². The van der Waals surface area contributed by atoms with Crippen LogP contribution in [0.1, 0.15) is 23.7 Å². The second-order valence-electron chi connectivity index (χ2n) is 4.17. The minimum Gasteiger partial charge on any atom is -0.294 e. The first-order chi connectivity index (χ1) is 7.79. The first-order valence-electron chi connectivity index (χ1n) is 5.62. The molecule has 1 aliphatic heterocycles. The zero-order valence-corrected chi connectivity index (χ0v) is 9.39. The van der Waals surface area contributed by atoms with Crippen molar-refractivity contribution in [2.45, 2.75) is 13.3 Å². The molecule has 0 N–H and O–H groups in total. The Balaban J connectivity index is 2.04. The lowest BCUT2D eigenvalue weighted by Crippen LogP contribution is -2.29. The average Bonchev–Trinajstić information content (AvgIpc) is 2.39. The number of ketones is 1. The molecular formula is C13H16O3. The summed E-state index contributed by atoms with van der Waals surface area (Å²) in [5.74, 6) is 0.448. The van der Waals surface area contributed by atoms with E-state index in [1.165, 1.54) is 0 Å². The van der Waals surface area contributed by atoms with Crippen LogP contribution in [0.25, 0.3) is 0 Å². The normalized spacial score (nSPS) is 22.7. The van der Waals surface area contributed by atoms with E-state index in [1.54, 1.807) is 0 Å². The average molecular weight is 220 g/mol. The standard InChI is InChI=1S/C13H16O3/c1-10(12-7-8-15-16-9-12)13(14)11-5-3-2-4-6-11/h2-6,10,12H,7-9H2,1H3. The number of hydrogen-bond donors (Lipinski definition) is 0. The summed E-state index contributed by atoms with van der Waals surface area (Å²) in [6.07, 6.45) is 0.889. The molecular weight excluding hydrogens is 204 g/mol. The summed E-state index contributed by atoms with van der Waals surface area (Å²) in [5.41, 5.74) is 0.779. The van der Waals surface area contributed by atoms with Crippen molar-refractivity contribution in [1.82, 2.24) is 0 Å². The summed E-state index contributed by atoms with van der Waals surface area (Å²) in [6.45, 7) is 3.06. The quantitative estimate of drug-likeness (QED) is 0.580. The van der Waals surface area contributed by atoms with Crippen LogP contribution in [0.15, 0.2) is 30.3 Å². The predicted molar refractivity (Wildman–Crippen MR) is 59.9 cm³/mol. The van der Waals surface area contributed by atoms with Gasteiger partial charge in [-0.3, -0.25) is 4.79 Å².